The molecule has 1 aromatic rings. The molecule has 1 N–H and O–H groups in total. The molecule has 1 aromatic carbocycles. The molecule has 0 saturated carbocycles. The standard InChI is InChI=1S/C14H21NO2/c1-5-11-6-8-12(9-7-11)10-15(4)13(16)14(2,3)17/h6-9,17H,5,10H2,1-4H3. The van der Waals surface area contributed by atoms with Crippen LogP contribution in [0.1, 0.15) is 31.9 Å². The van der Waals surface area contributed by atoms with Gasteiger partial charge in [-0.3, -0.25) is 4.79 Å². The van der Waals surface area contributed by atoms with E-state index in [0.717, 1.165) is 12.0 Å². The number of hydrogen-bond donors (Lipinski definition) is 1. The number of aliphatic hydroxyl groups is 1. The first kappa shape index (κ1) is 13.7. The van der Waals surface area contributed by atoms with Crippen LogP contribution in [0.3, 0.4) is 0 Å². The van der Waals surface area contributed by atoms with E-state index in [9.17, 15) is 9.90 Å². The lowest BCUT2D eigenvalue weighted by atomic mass is 10.1. The topological polar surface area (TPSA) is 40.5 Å². The van der Waals surface area contributed by atoms with Gasteiger partial charge in [-0.25, -0.2) is 0 Å². The van der Waals surface area contributed by atoms with E-state index in [4.69, 9.17) is 0 Å². The first-order valence-electron chi connectivity index (χ1n) is 5.90. The van der Waals surface area contributed by atoms with Crippen LogP contribution < -0.4 is 0 Å². The fraction of sp³-hybridized carbons (Fsp3) is 0.500. The molecule has 1 amide bonds. The number of nitrogens with zero attached hydrogens (tertiary/aromatic N) is 1. The van der Waals surface area contributed by atoms with E-state index >= 15 is 0 Å². The van der Waals surface area contributed by atoms with Crippen molar-refractivity contribution in [3.05, 3.63) is 35.4 Å². The van der Waals surface area contributed by atoms with Gasteiger partial charge in [0.05, 0.1) is 0 Å². The van der Waals surface area contributed by atoms with Crippen LogP contribution in [-0.2, 0) is 17.8 Å². The van der Waals surface area contributed by atoms with Gasteiger partial charge in [0.25, 0.3) is 5.91 Å². The number of carbonyl (C=O) groups is 1. The van der Waals surface area contributed by atoms with Crippen molar-refractivity contribution in [3.63, 3.8) is 0 Å². The summed E-state index contributed by atoms with van der Waals surface area (Å²) in [4.78, 5) is 13.3. The van der Waals surface area contributed by atoms with Crippen LogP contribution in [0.25, 0.3) is 0 Å². The molecule has 1 rings (SSSR count). The molecule has 0 heterocycles. The monoisotopic (exact) mass is 235 g/mol. The summed E-state index contributed by atoms with van der Waals surface area (Å²) in [7, 11) is 1.70. The minimum absolute atomic E-state index is 0.267. The molecule has 3 heteroatoms. The second-order valence-electron chi connectivity index (χ2n) is 4.89. The number of likely N-dealkylation sites (N-methyl/N-ethyl adjacent to an activating group) is 1. The van der Waals surface area contributed by atoms with Gasteiger partial charge in [-0.15, -0.1) is 0 Å². The zero-order valence-electron chi connectivity index (χ0n) is 11.0. The Morgan fingerprint density at radius 1 is 1.24 bits per heavy atom. The molecule has 3 nitrogen and oxygen atoms in total. The van der Waals surface area contributed by atoms with Crippen molar-refractivity contribution in [2.75, 3.05) is 7.05 Å². The predicted octanol–water partition coefficient (Wildman–Crippen LogP) is 1.98. The highest BCUT2D eigenvalue weighted by Crippen LogP contribution is 2.11. The molecule has 0 aliphatic heterocycles. The molecule has 0 unspecified atom stereocenters. The lowest BCUT2D eigenvalue weighted by molar-refractivity contribution is -0.146. The van der Waals surface area contributed by atoms with E-state index in [0.29, 0.717) is 6.54 Å². The second-order valence-corrected chi connectivity index (χ2v) is 4.89. The third kappa shape index (κ3) is 3.86. The average Bonchev–Trinajstić information content (AvgIpc) is 2.27. The van der Waals surface area contributed by atoms with E-state index in [2.05, 4.69) is 19.1 Å². The van der Waals surface area contributed by atoms with Gasteiger partial charge in [-0.2, -0.15) is 0 Å². The van der Waals surface area contributed by atoms with Crippen molar-refractivity contribution >= 4 is 5.91 Å². The van der Waals surface area contributed by atoms with Crippen molar-refractivity contribution in [2.24, 2.45) is 0 Å². The fourth-order valence-corrected chi connectivity index (χ4v) is 1.69. The summed E-state index contributed by atoms with van der Waals surface area (Å²) >= 11 is 0. The van der Waals surface area contributed by atoms with Gasteiger partial charge in [0.1, 0.15) is 5.60 Å². The lowest BCUT2D eigenvalue weighted by Crippen LogP contribution is -2.42. The Bertz CT molecular complexity index is 376. The Balaban J connectivity index is 2.68. The van der Waals surface area contributed by atoms with Crippen LogP contribution in [0.15, 0.2) is 24.3 Å². The maximum Gasteiger partial charge on any atom is 0.253 e. The summed E-state index contributed by atoms with van der Waals surface area (Å²) < 4.78 is 0. The first-order chi connectivity index (χ1) is 7.84. The van der Waals surface area contributed by atoms with Gasteiger partial charge in [0.2, 0.25) is 0 Å². The van der Waals surface area contributed by atoms with Gasteiger partial charge in [-0.1, -0.05) is 31.2 Å². The van der Waals surface area contributed by atoms with Crippen molar-refractivity contribution in [1.29, 1.82) is 0 Å². The number of aryl methyl sites for hydroxylation is 1. The molecular weight excluding hydrogens is 214 g/mol. The predicted molar refractivity (Wildman–Crippen MR) is 68.6 cm³/mol. The summed E-state index contributed by atoms with van der Waals surface area (Å²) in [5, 5.41) is 9.63. The third-order valence-electron chi connectivity index (χ3n) is 2.72. The SMILES string of the molecule is CCc1ccc(CN(C)C(=O)C(C)(C)O)cc1. The summed E-state index contributed by atoms with van der Waals surface area (Å²) in [5.41, 5.74) is 1.05. The normalized spacial score (nSPS) is 11.4. The second kappa shape index (κ2) is 5.32. The molecule has 0 bridgehead atoms. The van der Waals surface area contributed by atoms with Gasteiger partial charge < -0.3 is 10.0 Å². The molecule has 0 radical (unpaired) electrons. The Morgan fingerprint density at radius 2 is 1.71 bits per heavy atom. The number of carbonyl (C=O) groups excluding carboxylic acids is 1. The quantitative estimate of drug-likeness (QED) is 0.867. The highest BCUT2D eigenvalue weighted by molar-refractivity contribution is 5.83. The van der Waals surface area contributed by atoms with Crippen molar-refractivity contribution in [3.8, 4) is 0 Å². The van der Waals surface area contributed by atoms with Crippen LogP contribution in [0.4, 0.5) is 0 Å². The number of benzene rings is 1. The minimum Gasteiger partial charge on any atom is -0.381 e. The highest BCUT2D eigenvalue weighted by atomic mass is 16.3. The van der Waals surface area contributed by atoms with Gasteiger partial charge in [-0.05, 0) is 31.4 Å². The minimum atomic E-state index is -1.31. The summed E-state index contributed by atoms with van der Waals surface area (Å²) in [6.07, 6.45) is 1.01. The van der Waals surface area contributed by atoms with E-state index in [1.165, 1.54) is 19.4 Å². The van der Waals surface area contributed by atoms with Crippen molar-refractivity contribution < 1.29 is 9.90 Å². The average molecular weight is 235 g/mol. The Labute approximate surface area is 103 Å². The molecule has 0 spiro atoms. The lowest BCUT2D eigenvalue weighted by Gasteiger charge is -2.25. The molecule has 0 fully saturated rings. The molecular formula is C14H21NO2. The van der Waals surface area contributed by atoms with Crippen molar-refractivity contribution in [1.82, 2.24) is 4.90 Å². The van der Waals surface area contributed by atoms with Crippen LogP contribution in [0, 0.1) is 0 Å². The molecule has 0 aromatic heterocycles. The molecule has 0 aliphatic carbocycles. The molecule has 0 aliphatic rings. The van der Waals surface area contributed by atoms with Crippen LogP contribution in [0.2, 0.25) is 0 Å². The summed E-state index contributed by atoms with van der Waals surface area (Å²) in [5.74, 6) is -0.267. The number of hydrogen-bond acceptors (Lipinski definition) is 2. The maximum atomic E-state index is 11.8. The Kier molecular flexibility index (Phi) is 4.29. The third-order valence-corrected chi connectivity index (χ3v) is 2.72. The van der Waals surface area contributed by atoms with Crippen LogP contribution in [-0.4, -0.2) is 28.6 Å². The smallest absolute Gasteiger partial charge is 0.253 e. The maximum absolute atomic E-state index is 11.8. The molecule has 17 heavy (non-hydrogen) atoms. The highest BCUT2D eigenvalue weighted by Gasteiger charge is 2.27. The molecule has 0 atom stereocenters. The van der Waals surface area contributed by atoms with Crippen LogP contribution >= 0.6 is 0 Å². The largest absolute Gasteiger partial charge is 0.381 e. The van der Waals surface area contributed by atoms with E-state index in [-0.39, 0.29) is 5.91 Å². The zero-order chi connectivity index (χ0) is 13.1. The molecule has 0 saturated heterocycles. The zero-order valence-corrected chi connectivity index (χ0v) is 11.0. The summed E-state index contributed by atoms with van der Waals surface area (Å²) in [6, 6.07) is 8.18. The Hall–Kier alpha value is -1.35. The number of rotatable bonds is 4. The summed E-state index contributed by atoms with van der Waals surface area (Å²) in [6.45, 7) is 5.64. The van der Waals surface area contributed by atoms with Crippen LogP contribution in [0.5, 0.6) is 0 Å². The fourth-order valence-electron chi connectivity index (χ4n) is 1.69. The van der Waals surface area contributed by atoms with E-state index in [1.54, 1.807) is 11.9 Å². The number of amides is 1. The van der Waals surface area contributed by atoms with Crippen molar-refractivity contribution in [2.45, 2.75) is 39.3 Å². The first-order valence-corrected chi connectivity index (χ1v) is 5.90. The van der Waals surface area contributed by atoms with Gasteiger partial charge in [0.15, 0.2) is 0 Å². The van der Waals surface area contributed by atoms with Gasteiger partial charge >= 0.3 is 0 Å². The van der Waals surface area contributed by atoms with Gasteiger partial charge in [0, 0.05) is 13.6 Å². The molecule has 94 valence electrons. The van der Waals surface area contributed by atoms with E-state index in [1.807, 2.05) is 12.1 Å². The Morgan fingerprint density at radius 3 is 2.12 bits per heavy atom. The van der Waals surface area contributed by atoms with E-state index < -0.39 is 5.60 Å².